The Kier molecular flexibility index (Phi) is 6.79. The number of anilines is 1. The summed E-state index contributed by atoms with van der Waals surface area (Å²) in [6.45, 7) is 6.68. The van der Waals surface area contributed by atoms with E-state index in [4.69, 9.17) is 9.32 Å². The lowest BCUT2D eigenvalue weighted by Gasteiger charge is -2.12. The fourth-order valence-corrected chi connectivity index (χ4v) is 4.12. The van der Waals surface area contributed by atoms with Crippen LogP contribution in [0.3, 0.4) is 0 Å². The highest BCUT2D eigenvalue weighted by Gasteiger charge is 2.14. The minimum Gasteiger partial charge on any atom is -0.378 e. The molecule has 2 aromatic carbocycles. The number of nitrogens with zero attached hydrogens (tertiary/aromatic N) is 3. The van der Waals surface area contributed by atoms with Gasteiger partial charge in [-0.25, -0.2) is 9.97 Å². The van der Waals surface area contributed by atoms with Gasteiger partial charge in [0.05, 0.1) is 23.8 Å². The van der Waals surface area contributed by atoms with E-state index in [0.29, 0.717) is 5.65 Å². The molecule has 0 atom stereocenters. The van der Waals surface area contributed by atoms with E-state index in [-0.39, 0.29) is 0 Å². The van der Waals surface area contributed by atoms with Crippen molar-refractivity contribution in [3.05, 3.63) is 78.6 Å². The van der Waals surface area contributed by atoms with Crippen LogP contribution in [-0.4, -0.2) is 31.9 Å². The Labute approximate surface area is 200 Å². The summed E-state index contributed by atoms with van der Waals surface area (Å²) in [4.78, 5) is 13.3. The largest absolute Gasteiger partial charge is 0.378 e. The number of hydrogen-bond acceptors (Lipinski definition) is 5. The highest BCUT2D eigenvalue weighted by Crippen LogP contribution is 2.28. The quantitative estimate of drug-likeness (QED) is 0.112. The second kappa shape index (κ2) is 9.75. The van der Waals surface area contributed by atoms with Crippen LogP contribution in [0.4, 0.5) is 5.69 Å². The van der Waals surface area contributed by atoms with Crippen LogP contribution in [0, 0.1) is 11.5 Å². The Hall–Kier alpha value is -3.18. The maximum Gasteiger partial charge on any atom is 0.180 e. The molecule has 0 fully saturated rings. The van der Waals surface area contributed by atoms with Gasteiger partial charge in [-0.3, -0.25) is 0 Å². The topological polar surface area (TPSA) is 39.5 Å². The highest BCUT2D eigenvalue weighted by atomic mass is 32.2. The van der Waals surface area contributed by atoms with Crippen molar-refractivity contribution in [1.29, 1.82) is 0 Å². The van der Waals surface area contributed by atoms with Crippen molar-refractivity contribution < 1.29 is 9.32 Å². The molecule has 0 amide bonds. The van der Waals surface area contributed by atoms with E-state index < -0.39 is 8.07 Å². The lowest BCUT2D eigenvalue weighted by Crippen LogP contribution is -2.16. The van der Waals surface area contributed by atoms with E-state index in [1.54, 1.807) is 4.73 Å². The van der Waals surface area contributed by atoms with Crippen LogP contribution in [-0.2, 0) is 4.33 Å². The molecule has 0 aliphatic heterocycles. The molecule has 2 heterocycles. The number of rotatable bonds is 6. The Bertz CT molecular complexity index is 1300. The van der Waals surface area contributed by atoms with Gasteiger partial charge in [-0.1, -0.05) is 60.2 Å². The third kappa shape index (κ3) is 5.79. The fraction of sp³-hybridized carbons (Fsp3) is 0.192. The average Bonchev–Trinajstić information content (AvgIpc) is 3.15. The fourth-order valence-electron chi connectivity index (χ4n) is 3.16. The molecule has 33 heavy (non-hydrogen) atoms. The monoisotopic (exact) mass is 473 g/mol. The lowest BCUT2D eigenvalue weighted by atomic mass is 10.1. The zero-order chi connectivity index (χ0) is 23.4. The van der Waals surface area contributed by atoms with Gasteiger partial charge >= 0.3 is 0 Å². The molecular formula is C26H27N3O2SSi. The smallest absolute Gasteiger partial charge is 0.180 e. The first-order valence-electron chi connectivity index (χ1n) is 10.7. The summed E-state index contributed by atoms with van der Waals surface area (Å²) in [5, 5.41) is 0.934. The summed E-state index contributed by atoms with van der Waals surface area (Å²) in [5.74, 6) is 3.36. The lowest BCUT2D eigenvalue weighted by molar-refractivity contribution is -0.188. The molecule has 0 aliphatic rings. The van der Waals surface area contributed by atoms with Gasteiger partial charge in [-0.05, 0) is 35.9 Å². The Morgan fingerprint density at radius 3 is 2.36 bits per heavy atom. The molecule has 0 saturated carbocycles. The Morgan fingerprint density at radius 1 is 0.970 bits per heavy atom. The molecule has 0 saturated heterocycles. The maximum absolute atomic E-state index is 5.58. The molecule has 0 radical (unpaired) electrons. The first-order chi connectivity index (χ1) is 15.8. The molecule has 0 unspecified atom stereocenters. The summed E-state index contributed by atoms with van der Waals surface area (Å²) in [6, 6.07) is 20.3. The van der Waals surface area contributed by atoms with Gasteiger partial charge in [-0.15, -0.1) is 10.3 Å². The van der Waals surface area contributed by atoms with Crippen LogP contribution in [0.25, 0.3) is 22.2 Å². The third-order valence-corrected chi connectivity index (χ3v) is 6.35. The third-order valence-electron chi connectivity index (χ3n) is 4.89. The van der Waals surface area contributed by atoms with E-state index in [9.17, 15) is 0 Å². The summed E-state index contributed by atoms with van der Waals surface area (Å²) >= 11 is 1.15. The predicted octanol–water partition coefficient (Wildman–Crippen LogP) is 6.07. The molecule has 4 aromatic rings. The van der Waals surface area contributed by atoms with Crippen LogP contribution in [0.5, 0.6) is 0 Å². The highest BCUT2D eigenvalue weighted by molar-refractivity contribution is 7.94. The van der Waals surface area contributed by atoms with Crippen molar-refractivity contribution in [2.24, 2.45) is 0 Å². The van der Waals surface area contributed by atoms with Gasteiger partial charge in [0.25, 0.3) is 0 Å². The van der Waals surface area contributed by atoms with Crippen molar-refractivity contribution >= 4 is 36.8 Å². The zero-order valence-corrected chi connectivity index (χ0v) is 21.3. The van der Waals surface area contributed by atoms with Crippen LogP contribution in [0.2, 0.25) is 19.6 Å². The van der Waals surface area contributed by atoms with E-state index >= 15 is 0 Å². The molecule has 5 nitrogen and oxygen atoms in total. The SMILES string of the molecule is CN(C)c1ccc(-c2cnc3c(c2)c(C#C[Si](C)(C)C)cn3OOSc2ccccc2)cc1. The Morgan fingerprint density at radius 2 is 1.70 bits per heavy atom. The van der Waals surface area contributed by atoms with Crippen LogP contribution in [0.15, 0.2) is 78.0 Å². The molecule has 0 bridgehead atoms. The first-order valence-corrected chi connectivity index (χ1v) is 14.9. The molecule has 168 valence electrons. The van der Waals surface area contributed by atoms with Gasteiger partial charge in [0.2, 0.25) is 0 Å². The molecule has 0 aliphatic carbocycles. The van der Waals surface area contributed by atoms with Crippen molar-refractivity contribution in [2.75, 3.05) is 19.0 Å². The number of benzene rings is 2. The Balaban J connectivity index is 1.67. The van der Waals surface area contributed by atoms with Crippen molar-refractivity contribution in [1.82, 2.24) is 9.71 Å². The molecule has 7 heteroatoms. The number of aromatic nitrogens is 2. The molecule has 0 N–H and O–H groups in total. The minimum atomic E-state index is -1.55. The van der Waals surface area contributed by atoms with Gasteiger partial charge in [0, 0.05) is 41.8 Å². The summed E-state index contributed by atoms with van der Waals surface area (Å²) in [7, 11) is 2.52. The molecule has 4 rings (SSSR count). The first kappa shape index (κ1) is 23.0. The second-order valence-electron chi connectivity index (χ2n) is 8.94. The summed E-state index contributed by atoms with van der Waals surface area (Å²) in [6.07, 6.45) is 3.70. The van der Waals surface area contributed by atoms with Crippen molar-refractivity contribution in [3.63, 3.8) is 0 Å². The molecule has 0 spiro atoms. The number of fused-ring (bicyclic) bond motifs is 1. The maximum atomic E-state index is 5.58. The van der Waals surface area contributed by atoms with Crippen LogP contribution < -0.4 is 9.89 Å². The van der Waals surface area contributed by atoms with Crippen molar-refractivity contribution in [3.8, 4) is 22.6 Å². The second-order valence-corrected chi connectivity index (χ2v) is 14.5. The van der Waals surface area contributed by atoms with Gasteiger partial charge in [0.1, 0.15) is 8.07 Å². The molecule has 2 aromatic heterocycles. The van der Waals surface area contributed by atoms with Gasteiger partial charge < -0.3 is 4.90 Å². The normalized spacial score (nSPS) is 11.2. The van der Waals surface area contributed by atoms with Crippen LogP contribution in [0.1, 0.15) is 5.56 Å². The van der Waals surface area contributed by atoms with E-state index in [1.165, 1.54) is 0 Å². The average molecular weight is 474 g/mol. The molecular weight excluding hydrogens is 446 g/mol. The zero-order valence-electron chi connectivity index (χ0n) is 19.5. The number of pyridine rings is 1. The standard InChI is InChI=1S/C26H27N3O2SSi/c1-28(2)23-13-11-20(12-14-23)22-17-25-21(15-16-33(3,4)5)19-29(26(25)27-18-22)30-31-32-24-9-7-6-8-10-24/h6-14,17-19H,1-5H3. The van der Waals surface area contributed by atoms with E-state index in [1.807, 2.05) is 56.8 Å². The minimum absolute atomic E-state index is 0.664. The summed E-state index contributed by atoms with van der Waals surface area (Å²) in [5.41, 5.74) is 8.27. The van der Waals surface area contributed by atoms with E-state index in [2.05, 4.69) is 71.3 Å². The van der Waals surface area contributed by atoms with Crippen LogP contribution >= 0.6 is 12.0 Å². The van der Waals surface area contributed by atoms with E-state index in [0.717, 1.165) is 44.7 Å². The predicted molar refractivity (Wildman–Crippen MR) is 140 cm³/mol. The van der Waals surface area contributed by atoms with Gasteiger partial charge in [0.15, 0.2) is 5.65 Å². The number of hydrogen-bond donors (Lipinski definition) is 0. The van der Waals surface area contributed by atoms with Crippen molar-refractivity contribution in [2.45, 2.75) is 24.5 Å². The van der Waals surface area contributed by atoms with Gasteiger partial charge in [-0.2, -0.15) is 0 Å². The summed E-state index contributed by atoms with van der Waals surface area (Å²) < 4.78 is 6.96.